The second-order valence-electron chi connectivity index (χ2n) is 7.33. The average Bonchev–Trinajstić information content (AvgIpc) is 3.32. The van der Waals surface area contributed by atoms with Crippen molar-refractivity contribution in [2.24, 2.45) is 0 Å². The monoisotopic (exact) mass is 409 g/mol. The van der Waals surface area contributed by atoms with Gasteiger partial charge in [-0.05, 0) is 35.4 Å². The highest BCUT2D eigenvalue weighted by Gasteiger charge is 2.31. The van der Waals surface area contributed by atoms with Crippen molar-refractivity contribution in [1.29, 1.82) is 5.26 Å². The molecule has 4 rings (SSSR count). The molecule has 1 aliphatic carbocycles. The lowest BCUT2D eigenvalue weighted by atomic mass is 9.96. The van der Waals surface area contributed by atoms with Crippen LogP contribution in [-0.4, -0.2) is 45.8 Å². The largest absolute Gasteiger partial charge is 0.328 e. The summed E-state index contributed by atoms with van der Waals surface area (Å²) in [4.78, 5) is 16.7. The lowest BCUT2D eigenvalue weighted by molar-refractivity contribution is -0.112. The number of para-hydroxylation sites is 2. The average molecular weight is 410 g/mol. The molecule has 8 nitrogen and oxygen atoms in total. The van der Waals surface area contributed by atoms with Gasteiger partial charge in [-0.15, -0.1) is 5.10 Å². The highest BCUT2D eigenvalue weighted by molar-refractivity contribution is 7.99. The van der Waals surface area contributed by atoms with E-state index in [1.165, 1.54) is 31.0 Å². The van der Waals surface area contributed by atoms with E-state index in [4.69, 9.17) is 0 Å². The van der Waals surface area contributed by atoms with E-state index in [1.54, 1.807) is 0 Å². The molecule has 0 atom stereocenters. The maximum absolute atomic E-state index is 13.0. The number of aromatic nitrogens is 4. The molecule has 0 radical (unpaired) electrons. The van der Waals surface area contributed by atoms with E-state index in [2.05, 4.69) is 21.6 Å². The molecule has 1 saturated carbocycles. The fraction of sp³-hybridized carbons (Fsp3) is 0.450. The summed E-state index contributed by atoms with van der Waals surface area (Å²) in [5, 5.41) is 22.4. The molecule has 0 spiro atoms. The van der Waals surface area contributed by atoms with Crippen molar-refractivity contribution < 1.29 is 4.79 Å². The number of carbonyl (C=O) groups is 1. The third-order valence-electron chi connectivity index (χ3n) is 5.57. The summed E-state index contributed by atoms with van der Waals surface area (Å²) in [7, 11) is 3.75. The Morgan fingerprint density at radius 3 is 2.45 bits per heavy atom. The van der Waals surface area contributed by atoms with Crippen LogP contribution in [0.25, 0.3) is 0 Å². The zero-order chi connectivity index (χ0) is 20.4. The van der Waals surface area contributed by atoms with Crippen LogP contribution in [0.3, 0.4) is 0 Å². The number of tetrazole rings is 1. The lowest BCUT2D eigenvalue weighted by Gasteiger charge is -2.22. The first-order valence-electron chi connectivity index (χ1n) is 9.76. The second-order valence-corrected chi connectivity index (χ2v) is 8.27. The van der Waals surface area contributed by atoms with E-state index in [-0.39, 0.29) is 17.1 Å². The molecule has 2 heterocycles. The van der Waals surface area contributed by atoms with Gasteiger partial charge in [0, 0.05) is 14.1 Å². The lowest BCUT2D eigenvalue weighted by Crippen LogP contribution is -2.26. The van der Waals surface area contributed by atoms with Crippen LogP contribution in [0.15, 0.2) is 40.8 Å². The van der Waals surface area contributed by atoms with Gasteiger partial charge in [-0.2, -0.15) is 5.26 Å². The Bertz CT molecular complexity index is 956. The van der Waals surface area contributed by atoms with Gasteiger partial charge < -0.3 is 9.80 Å². The van der Waals surface area contributed by atoms with Crippen molar-refractivity contribution >= 4 is 28.9 Å². The van der Waals surface area contributed by atoms with E-state index in [9.17, 15) is 10.1 Å². The fourth-order valence-electron chi connectivity index (χ4n) is 4.09. The Hall–Kier alpha value is -2.86. The molecule has 0 saturated heterocycles. The molecule has 1 fully saturated rings. The van der Waals surface area contributed by atoms with Crippen LogP contribution in [0, 0.1) is 11.3 Å². The van der Waals surface area contributed by atoms with Crippen molar-refractivity contribution in [3.05, 3.63) is 35.7 Å². The first-order chi connectivity index (χ1) is 14.1. The van der Waals surface area contributed by atoms with Crippen LogP contribution in [0.2, 0.25) is 0 Å². The Labute approximate surface area is 174 Å². The predicted molar refractivity (Wildman–Crippen MR) is 112 cm³/mol. The summed E-state index contributed by atoms with van der Waals surface area (Å²) >= 11 is 1.30. The first-order valence-corrected chi connectivity index (χ1v) is 10.7. The van der Waals surface area contributed by atoms with Gasteiger partial charge in [0.2, 0.25) is 5.16 Å². The smallest absolute Gasteiger partial charge is 0.210 e. The molecule has 2 aliphatic rings. The molecule has 0 unspecified atom stereocenters. The predicted octanol–water partition coefficient (Wildman–Crippen LogP) is 3.16. The minimum Gasteiger partial charge on any atom is -0.328 e. The number of rotatable bonds is 5. The van der Waals surface area contributed by atoms with E-state index in [1.807, 2.05) is 52.8 Å². The summed E-state index contributed by atoms with van der Waals surface area (Å²) in [6.07, 6.45) is 5.73. The third-order valence-corrected chi connectivity index (χ3v) is 6.50. The van der Waals surface area contributed by atoms with Gasteiger partial charge >= 0.3 is 0 Å². The van der Waals surface area contributed by atoms with E-state index < -0.39 is 0 Å². The molecule has 1 aliphatic heterocycles. The number of fused-ring (bicyclic) bond motifs is 1. The van der Waals surface area contributed by atoms with Gasteiger partial charge in [0.15, 0.2) is 5.78 Å². The minimum atomic E-state index is -0.225. The maximum Gasteiger partial charge on any atom is 0.210 e. The van der Waals surface area contributed by atoms with E-state index >= 15 is 0 Å². The molecule has 0 bridgehead atoms. The van der Waals surface area contributed by atoms with Crippen LogP contribution in [0.4, 0.5) is 11.4 Å². The van der Waals surface area contributed by atoms with Crippen LogP contribution >= 0.6 is 11.8 Å². The van der Waals surface area contributed by atoms with Gasteiger partial charge in [0.25, 0.3) is 0 Å². The number of hydrogen-bond acceptors (Lipinski definition) is 8. The number of thioether (sulfide) groups is 1. The summed E-state index contributed by atoms with van der Waals surface area (Å²) < 4.78 is 1.85. The van der Waals surface area contributed by atoms with E-state index in [0.717, 1.165) is 24.2 Å². The molecule has 0 N–H and O–H groups in total. The van der Waals surface area contributed by atoms with Crippen molar-refractivity contribution in [2.45, 2.75) is 43.3 Å². The number of ketones is 1. The summed E-state index contributed by atoms with van der Waals surface area (Å²) in [6.45, 7) is 0. The summed E-state index contributed by atoms with van der Waals surface area (Å²) in [5.41, 5.74) is 2.09. The molecular formula is C20H23N7OS. The number of nitrogens with zero attached hydrogens (tertiary/aromatic N) is 7. The van der Waals surface area contributed by atoms with Crippen molar-refractivity contribution in [3.8, 4) is 6.07 Å². The van der Waals surface area contributed by atoms with Crippen molar-refractivity contribution in [3.63, 3.8) is 0 Å². The van der Waals surface area contributed by atoms with Gasteiger partial charge in [0.05, 0.1) is 23.2 Å². The highest BCUT2D eigenvalue weighted by atomic mass is 32.2. The van der Waals surface area contributed by atoms with Gasteiger partial charge in [-0.3, -0.25) is 4.79 Å². The number of Topliss-reactive ketones (excluding diaryl/α,β-unsaturated/α-hetero) is 1. The number of carbonyl (C=O) groups excluding carboxylic acids is 1. The van der Waals surface area contributed by atoms with Gasteiger partial charge in [-0.1, -0.05) is 43.2 Å². The zero-order valence-electron chi connectivity index (χ0n) is 16.6. The Morgan fingerprint density at radius 2 is 1.83 bits per heavy atom. The molecule has 9 heteroatoms. The zero-order valence-corrected chi connectivity index (χ0v) is 17.4. The van der Waals surface area contributed by atoms with Crippen molar-refractivity contribution in [2.75, 3.05) is 29.6 Å². The van der Waals surface area contributed by atoms with Crippen LogP contribution < -0.4 is 9.80 Å². The van der Waals surface area contributed by atoms with Crippen molar-refractivity contribution in [1.82, 2.24) is 20.2 Å². The number of benzene rings is 1. The molecule has 150 valence electrons. The molecular weight excluding hydrogens is 386 g/mol. The maximum atomic E-state index is 13.0. The molecule has 29 heavy (non-hydrogen) atoms. The quantitative estimate of drug-likeness (QED) is 0.422. The van der Waals surface area contributed by atoms with Gasteiger partial charge in [-0.25, -0.2) is 4.68 Å². The molecule has 1 aromatic carbocycles. The highest BCUT2D eigenvalue weighted by Crippen LogP contribution is 2.40. The molecule has 1 aromatic heterocycles. The van der Waals surface area contributed by atoms with Crippen LogP contribution in [0.1, 0.15) is 38.1 Å². The Morgan fingerprint density at radius 1 is 1.17 bits per heavy atom. The number of hydrogen-bond donors (Lipinski definition) is 0. The van der Waals surface area contributed by atoms with Crippen LogP contribution in [0.5, 0.6) is 0 Å². The standard InChI is InChI=1S/C20H23N7OS/c1-25-16-10-6-7-11-17(16)26(2)19(25)15(12-21)18(28)13-29-20-22-23-24-27(20)14-8-4-3-5-9-14/h6-7,10-11,14H,3-5,8-9,13H2,1-2H3. The third kappa shape index (κ3) is 3.60. The fourth-order valence-corrected chi connectivity index (χ4v) is 4.91. The summed E-state index contributed by atoms with van der Waals surface area (Å²) in [6, 6.07) is 10.3. The molecule has 2 aromatic rings. The number of nitriles is 1. The Kier molecular flexibility index (Phi) is 5.53. The number of anilines is 2. The first kappa shape index (κ1) is 19.5. The topological polar surface area (TPSA) is 90.9 Å². The van der Waals surface area contributed by atoms with Crippen LogP contribution in [-0.2, 0) is 4.79 Å². The second kappa shape index (κ2) is 8.25. The minimum absolute atomic E-state index is 0.123. The normalized spacial score (nSPS) is 16.7. The van der Waals surface area contributed by atoms with Gasteiger partial charge in [0.1, 0.15) is 17.5 Å². The SMILES string of the molecule is CN1C(=C(C#N)C(=O)CSc2nnnn2C2CCCCC2)N(C)c2ccccc21. The summed E-state index contributed by atoms with van der Waals surface area (Å²) in [5.74, 6) is 0.501. The number of allylic oxidation sites excluding steroid dienone is 1. The molecule has 0 amide bonds. The van der Waals surface area contributed by atoms with E-state index in [0.29, 0.717) is 17.0 Å². The Balaban J connectivity index is 1.52.